The first-order valence-corrected chi connectivity index (χ1v) is 6.65. The summed E-state index contributed by atoms with van der Waals surface area (Å²) in [6, 6.07) is 10.3. The highest BCUT2D eigenvalue weighted by Crippen LogP contribution is 2.01. The van der Waals surface area contributed by atoms with E-state index in [1.807, 2.05) is 30.1 Å². The molecule has 0 unspecified atom stereocenters. The average molecular weight is 258 g/mol. The number of hydrogen-bond donors (Lipinski definition) is 1. The van der Waals surface area contributed by atoms with Crippen LogP contribution in [0.2, 0.25) is 0 Å². The molecule has 0 aliphatic heterocycles. The number of amides is 1. The Morgan fingerprint density at radius 1 is 1.37 bits per heavy atom. The van der Waals surface area contributed by atoms with E-state index in [0.29, 0.717) is 13.0 Å². The van der Waals surface area contributed by atoms with Gasteiger partial charge in [0.25, 0.3) is 0 Å². The third kappa shape index (κ3) is 7.28. The predicted octanol–water partition coefficient (Wildman–Crippen LogP) is 1.69. The lowest BCUT2D eigenvalue weighted by atomic mass is 10.1. The number of terminal acetylenes is 1. The molecule has 0 saturated carbocycles. The monoisotopic (exact) mass is 258 g/mol. The van der Waals surface area contributed by atoms with Crippen LogP contribution in [-0.2, 0) is 11.2 Å². The first kappa shape index (κ1) is 15.3. The number of hydrogen-bond acceptors (Lipinski definition) is 2. The number of rotatable bonds is 8. The maximum atomic E-state index is 11.6. The normalized spacial score (nSPS) is 10.2. The summed E-state index contributed by atoms with van der Waals surface area (Å²) in [4.78, 5) is 13.6. The van der Waals surface area contributed by atoms with Crippen molar-refractivity contribution in [2.24, 2.45) is 0 Å². The standard InChI is InChI=1S/C16H22N2O/c1-3-4-13-18(2)14-16(19)17-12-8-11-15-9-6-5-7-10-15/h1,5-7,9-10H,4,8,11-14H2,2H3,(H,17,19). The van der Waals surface area contributed by atoms with Crippen LogP contribution in [0, 0.1) is 12.3 Å². The third-order valence-electron chi connectivity index (χ3n) is 2.86. The summed E-state index contributed by atoms with van der Waals surface area (Å²) in [7, 11) is 1.90. The summed E-state index contributed by atoms with van der Waals surface area (Å²) in [6.45, 7) is 1.89. The van der Waals surface area contributed by atoms with Gasteiger partial charge in [-0.25, -0.2) is 0 Å². The smallest absolute Gasteiger partial charge is 0.234 e. The highest BCUT2D eigenvalue weighted by molar-refractivity contribution is 5.77. The second kappa shape index (κ2) is 9.18. The van der Waals surface area contributed by atoms with Crippen LogP contribution in [0.4, 0.5) is 0 Å². The molecule has 0 fully saturated rings. The average Bonchev–Trinajstić information content (AvgIpc) is 2.42. The van der Waals surface area contributed by atoms with Gasteiger partial charge in [-0.3, -0.25) is 9.69 Å². The summed E-state index contributed by atoms with van der Waals surface area (Å²) in [5, 5.41) is 2.93. The SMILES string of the molecule is C#CCCN(C)CC(=O)NCCCc1ccccc1. The molecule has 19 heavy (non-hydrogen) atoms. The van der Waals surface area contributed by atoms with E-state index >= 15 is 0 Å². The molecule has 1 amide bonds. The molecule has 0 aliphatic carbocycles. The summed E-state index contributed by atoms with van der Waals surface area (Å²) in [5.74, 6) is 2.63. The fraction of sp³-hybridized carbons (Fsp3) is 0.438. The van der Waals surface area contributed by atoms with Crippen LogP contribution in [0.1, 0.15) is 18.4 Å². The molecule has 0 aliphatic rings. The van der Waals surface area contributed by atoms with Crippen molar-refractivity contribution in [2.45, 2.75) is 19.3 Å². The summed E-state index contributed by atoms with van der Waals surface area (Å²) in [6.07, 6.45) is 7.82. The van der Waals surface area contributed by atoms with E-state index in [0.717, 1.165) is 25.9 Å². The van der Waals surface area contributed by atoms with Crippen LogP contribution in [0.15, 0.2) is 30.3 Å². The van der Waals surface area contributed by atoms with E-state index in [2.05, 4.69) is 23.4 Å². The minimum Gasteiger partial charge on any atom is -0.355 e. The van der Waals surface area contributed by atoms with Gasteiger partial charge in [0.2, 0.25) is 5.91 Å². The van der Waals surface area contributed by atoms with Gasteiger partial charge in [-0.05, 0) is 25.5 Å². The minimum atomic E-state index is 0.0626. The maximum absolute atomic E-state index is 11.6. The van der Waals surface area contributed by atoms with Gasteiger partial charge in [0.1, 0.15) is 0 Å². The first-order valence-electron chi connectivity index (χ1n) is 6.65. The van der Waals surface area contributed by atoms with Gasteiger partial charge in [0.05, 0.1) is 6.54 Å². The van der Waals surface area contributed by atoms with Gasteiger partial charge in [0, 0.05) is 19.5 Å². The molecule has 0 aromatic heterocycles. The van der Waals surface area contributed by atoms with E-state index < -0.39 is 0 Å². The zero-order chi connectivity index (χ0) is 13.9. The molecule has 0 heterocycles. The molecule has 0 bridgehead atoms. The molecule has 1 rings (SSSR count). The lowest BCUT2D eigenvalue weighted by Gasteiger charge is -2.14. The van der Waals surface area contributed by atoms with E-state index in [-0.39, 0.29) is 5.91 Å². The number of aryl methyl sites for hydroxylation is 1. The topological polar surface area (TPSA) is 32.3 Å². The number of nitrogens with one attached hydrogen (secondary N) is 1. The van der Waals surface area contributed by atoms with E-state index in [9.17, 15) is 4.79 Å². The van der Waals surface area contributed by atoms with Gasteiger partial charge in [-0.1, -0.05) is 30.3 Å². The molecule has 102 valence electrons. The predicted molar refractivity (Wildman–Crippen MR) is 78.7 cm³/mol. The molecular formula is C16H22N2O. The zero-order valence-electron chi connectivity index (χ0n) is 11.6. The Balaban J connectivity index is 2.09. The summed E-state index contributed by atoms with van der Waals surface area (Å²) in [5.41, 5.74) is 1.31. The van der Waals surface area contributed by atoms with Gasteiger partial charge in [-0.15, -0.1) is 12.3 Å². The molecule has 1 aromatic rings. The quantitative estimate of drug-likeness (QED) is 0.568. The van der Waals surface area contributed by atoms with Crippen molar-refractivity contribution in [3.63, 3.8) is 0 Å². The van der Waals surface area contributed by atoms with Crippen LogP contribution >= 0.6 is 0 Å². The fourth-order valence-corrected chi connectivity index (χ4v) is 1.80. The van der Waals surface area contributed by atoms with Gasteiger partial charge < -0.3 is 5.32 Å². The van der Waals surface area contributed by atoms with Gasteiger partial charge >= 0.3 is 0 Å². The molecule has 0 spiro atoms. The van der Waals surface area contributed by atoms with E-state index in [4.69, 9.17) is 6.42 Å². The third-order valence-corrected chi connectivity index (χ3v) is 2.86. The Hall–Kier alpha value is -1.79. The Labute approximate surface area is 116 Å². The maximum Gasteiger partial charge on any atom is 0.234 e. The van der Waals surface area contributed by atoms with E-state index in [1.54, 1.807) is 0 Å². The van der Waals surface area contributed by atoms with Gasteiger partial charge in [-0.2, -0.15) is 0 Å². The van der Waals surface area contributed by atoms with Crippen molar-refractivity contribution < 1.29 is 4.79 Å². The Morgan fingerprint density at radius 3 is 2.79 bits per heavy atom. The Bertz CT molecular complexity index is 409. The largest absolute Gasteiger partial charge is 0.355 e. The fourth-order valence-electron chi connectivity index (χ4n) is 1.80. The first-order chi connectivity index (χ1) is 9.22. The molecule has 3 nitrogen and oxygen atoms in total. The zero-order valence-corrected chi connectivity index (χ0v) is 11.6. The van der Waals surface area contributed by atoms with Crippen molar-refractivity contribution in [2.75, 3.05) is 26.7 Å². The van der Waals surface area contributed by atoms with Crippen LogP contribution in [0.5, 0.6) is 0 Å². The van der Waals surface area contributed by atoms with Crippen molar-refractivity contribution in [1.29, 1.82) is 0 Å². The van der Waals surface area contributed by atoms with Crippen LogP contribution in [-0.4, -0.2) is 37.5 Å². The second-order valence-electron chi connectivity index (χ2n) is 4.63. The van der Waals surface area contributed by atoms with Gasteiger partial charge in [0.15, 0.2) is 0 Å². The molecule has 1 aromatic carbocycles. The molecular weight excluding hydrogens is 236 g/mol. The molecule has 0 atom stereocenters. The number of likely N-dealkylation sites (N-methyl/N-ethyl adjacent to an activating group) is 1. The molecule has 3 heteroatoms. The summed E-state index contributed by atoms with van der Waals surface area (Å²) < 4.78 is 0. The lowest BCUT2D eigenvalue weighted by Crippen LogP contribution is -2.36. The number of carbonyl (C=O) groups is 1. The Morgan fingerprint density at radius 2 is 2.11 bits per heavy atom. The number of nitrogens with zero attached hydrogens (tertiary/aromatic N) is 1. The second-order valence-corrected chi connectivity index (χ2v) is 4.63. The van der Waals surface area contributed by atoms with Crippen molar-refractivity contribution in [3.05, 3.63) is 35.9 Å². The molecule has 0 radical (unpaired) electrons. The Kier molecular flexibility index (Phi) is 7.38. The lowest BCUT2D eigenvalue weighted by molar-refractivity contribution is -0.121. The summed E-state index contributed by atoms with van der Waals surface area (Å²) >= 11 is 0. The molecule has 1 N–H and O–H groups in total. The van der Waals surface area contributed by atoms with E-state index in [1.165, 1.54) is 5.56 Å². The van der Waals surface area contributed by atoms with Crippen molar-refractivity contribution in [1.82, 2.24) is 10.2 Å². The van der Waals surface area contributed by atoms with Crippen molar-refractivity contribution >= 4 is 5.91 Å². The number of benzene rings is 1. The molecule has 0 saturated heterocycles. The van der Waals surface area contributed by atoms with Crippen LogP contribution < -0.4 is 5.32 Å². The highest BCUT2D eigenvalue weighted by atomic mass is 16.2. The minimum absolute atomic E-state index is 0.0626. The number of carbonyl (C=O) groups excluding carboxylic acids is 1. The van der Waals surface area contributed by atoms with Crippen molar-refractivity contribution in [3.8, 4) is 12.3 Å². The van der Waals surface area contributed by atoms with Crippen LogP contribution in [0.25, 0.3) is 0 Å². The highest BCUT2D eigenvalue weighted by Gasteiger charge is 2.04. The van der Waals surface area contributed by atoms with Crippen LogP contribution in [0.3, 0.4) is 0 Å².